The van der Waals surface area contributed by atoms with E-state index in [2.05, 4.69) is 17.2 Å². The first kappa shape index (κ1) is 11.5. The second-order valence-electron chi connectivity index (χ2n) is 3.30. The Morgan fingerprint density at radius 2 is 2.47 bits per heavy atom. The van der Waals surface area contributed by atoms with Crippen LogP contribution in [-0.4, -0.2) is 47.6 Å². The summed E-state index contributed by atoms with van der Waals surface area (Å²) in [6.07, 6.45) is -0.169. The average molecular weight is 210 g/mol. The smallest absolute Gasteiger partial charge is 0.305 e. The van der Waals surface area contributed by atoms with Gasteiger partial charge in [0.25, 0.3) is 0 Å². The van der Waals surface area contributed by atoms with Crippen molar-refractivity contribution in [3.8, 4) is 11.8 Å². The normalized spacial score (nSPS) is 21.4. The summed E-state index contributed by atoms with van der Waals surface area (Å²) in [7, 11) is 0. The highest BCUT2D eigenvalue weighted by Gasteiger charge is 2.30. The Morgan fingerprint density at radius 1 is 1.73 bits per heavy atom. The Hall–Kier alpha value is -1.54. The first-order valence-electron chi connectivity index (χ1n) is 4.78. The highest BCUT2D eigenvalue weighted by Crippen LogP contribution is 2.07. The molecule has 15 heavy (non-hydrogen) atoms. The van der Waals surface area contributed by atoms with Gasteiger partial charge in [-0.25, -0.2) is 0 Å². The Bertz CT molecular complexity index is 316. The molecule has 5 heteroatoms. The molecule has 1 aliphatic heterocycles. The van der Waals surface area contributed by atoms with Crippen LogP contribution >= 0.6 is 0 Å². The Labute approximate surface area is 88.4 Å². The number of carbonyl (C=O) groups excluding carboxylic acids is 1. The molecule has 0 aromatic heterocycles. The van der Waals surface area contributed by atoms with Crippen molar-refractivity contribution >= 4 is 11.9 Å². The summed E-state index contributed by atoms with van der Waals surface area (Å²) < 4.78 is 0. The molecule has 0 saturated carbocycles. The zero-order valence-electron chi connectivity index (χ0n) is 8.62. The molecule has 1 heterocycles. The van der Waals surface area contributed by atoms with Gasteiger partial charge in [-0.15, -0.1) is 5.92 Å². The number of nitrogens with zero attached hydrogens (tertiary/aromatic N) is 1. The first-order valence-corrected chi connectivity index (χ1v) is 4.78. The Balaban J connectivity index is 2.66. The number of carbonyl (C=O) groups is 2. The maximum atomic E-state index is 11.4. The number of hydrogen-bond donors (Lipinski definition) is 2. The summed E-state index contributed by atoms with van der Waals surface area (Å²) >= 11 is 0. The van der Waals surface area contributed by atoms with Gasteiger partial charge in [-0.3, -0.25) is 14.5 Å². The lowest BCUT2D eigenvalue weighted by molar-refractivity contribution is -0.142. The molecule has 1 rings (SSSR count). The summed E-state index contributed by atoms with van der Waals surface area (Å²) in [5.41, 5.74) is 0. The molecule has 1 saturated heterocycles. The van der Waals surface area contributed by atoms with Crippen molar-refractivity contribution in [2.24, 2.45) is 0 Å². The summed E-state index contributed by atoms with van der Waals surface area (Å²) in [5.74, 6) is 4.39. The first-order chi connectivity index (χ1) is 7.15. The topological polar surface area (TPSA) is 69.6 Å². The molecular formula is C10H14N2O3. The van der Waals surface area contributed by atoms with E-state index in [-0.39, 0.29) is 12.3 Å². The van der Waals surface area contributed by atoms with Gasteiger partial charge in [-0.2, -0.15) is 0 Å². The van der Waals surface area contributed by atoms with Crippen molar-refractivity contribution in [3.63, 3.8) is 0 Å². The standard InChI is InChI=1S/C10H14N2O3/c1-2-3-5-12-6-4-11-10(15)8(12)7-9(13)14/h8H,4-7H2,1H3,(H,11,15)(H,13,14). The minimum absolute atomic E-state index is 0.169. The van der Waals surface area contributed by atoms with Crippen LogP contribution in [0.2, 0.25) is 0 Å². The number of hydrogen-bond acceptors (Lipinski definition) is 3. The van der Waals surface area contributed by atoms with Gasteiger partial charge in [0.05, 0.1) is 13.0 Å². The number of rotatable bonds is 3. The molecule has 0 aromatic carbocycles. The van der Waals surface area contributed by atoms with E-state index < -0.39 is 12.0 Å². The molecule has 0 bridgehead atoms. The minimum Gasteiger partial charge on any atom is -0.481 e. The zero-order chi connectivity index (χ0) is 11.3. The number of nitrogens with one attached hydrogen (secondary N) is 1. The molecule has 5 nitrogen and oxygen atoms in total. The molecule has 0 aliphatic carbocycles. The largest absolute Gasteiger partial charge is 0.481 e. The van der Waals surface area contributed by atoms with Crippen LogP contribution < -0.4 is 5.32 Å². The lowest BCUT2D eigenvalue weighted by Gasteiger charge is -2.32. The number of amides is 1. The van der Waals surface area contributed by atoms with Crippen molar-refractivity contribution in [1.29, 1.82) is 0 Å². The van der Waals surface area contributed by atoms with Crippen LogP contribution in [-0.2, 0) is 9.59 Å². The van der Waals surface area contributed by atoms with Gasteiger partial charge in [0.2, 0.25) is 5.91 Å². The molecule has 1 unspecified atom stereocenters. The zero-order valence-corrected chi connectivity index (χ0v) is 8.62. The van der Waals surface area contributed by atoms with Crippen LogP contribution in [0.5, 0.6) is 0 Å². The molecule has 1 atom stereocenters. The van der Waals surface area contributed by atoms with E-state index in [1.54, 1.807) is 11.8 Å². The van der Waals surface area contributed by atoms with E-state index in [1.165, 1.54) is 0 Å². The van der Waals surface area contributed by atoms with E-state index in [1.807, 2.05) is 0 Å². The Kier molecular flexibility index (Phi) is 4.13. The number of aliphatic carboxylic acids is 1. The van der Waals surface area contributed by atoms with Crippen LogP contribution in [0, 0.1) is 11.8 Å². The van der Waals surface area contributed by atoms with Crippen LogP contribution in [0.3, 0.4) is 0 Å². The molecule has 0 spiro atoms. The van der Waals surface area contributed by atoms with Crippen molar-refractivity contribution in [1.82, 2.24) is 10.2 Å². The fourth-order valence-corrected chi connectivity index (χ4v) is 1.52. The fraction of sp³-hybridized carbons (Fsp3) is 0.600. The molecule has 1 amide bonds. The maximum absolute atomic E-state index is 11.4. The third kappa shape index (κ3) is 3.26. The molecule has 1 aliphatic rings. The van der Waals surface area contributed by atoms with Gasteiger partial charge >= 0.3 is 5.97 Å². The van der Waals surface area contributed by atoms with E-state index in [0.29, 0.717) is 19.6 Å². The van der Waals surface area contributed by atoms with Gasteiger partial charge in [-0.05, 0) is 6.92 Å². The van der Waals surface area contributed by atoms with Crippen LogP contribution in [0.15, 0.2) is 0 Å². The lowest BCUT2D eigenvalue weighted by Crippen LogP contribution is -2.55. The minimum atomic E-state index is -0.966. The summed E-state index contributed by atoms with van der Waals surface area (Å²) in [5, 5.41) is 11.3. The van der Waals surface area contributed by atoms with Gasteiger partial charge in [-0.1, -0.05) is 5.92 Å². The van der Waals surface area contributed by atoms with Crippen molar-refractivity contribution in [2.45, 2.75) is 19.4 Å². The van der Waals surface area contributed by atoms with Gasteiger partial charge in [0, 0.05) is 13.1 Å². The van der Waals surface area contributed by atoms with Crippen LogP contribution in [0.4, 0.5) is 0 Å². The molecular weight excluding hydrogens is 196 g/mol. The maximum Gasteiger partial charge on any atom is 0.305 e. The summed E-state index contributed by atoms with van der Waals surface area (Å²) in [6, 6.07) is -0.586. The Morgan fingerprint density at radius 3 is 3.07 bits per heavy atom. The summed E-state index contributed by atoms with van der Waals surface area (Å²) in [6.45, 7) is 3.37. The van der Waals surface area contributed by atoms with Crippen molar-refractivity contribution in [2.75, 3.05) is 19.6 Å². The molecule has 0 radical (unpaired) electrons. The fourth-order valence-electron chi connectivity index (χ4n) is 1.52. The second kappa shape index (κ2) is 5.37. The third-order valence-electron chi connectivity index (χ3n) is 2.27. The lowest BCUT2D eigenvalue weighted by atomic mass is 10.1. The van der Waals surface area contributed by atoms with E-state index in [4.69, 9.17) is 5.11 Å². The van der Waals surface area contributed by atoms with E-state index >= 15 is 0 Å². The quantitative estimate of drug-likeness (QED) is 0.603. The number of carboxylic acids is 1. The monoisotopic (exact) mass is 210 g/mol. The van der Waals surface area contributed by atoms with Gasteiger partial charge in [0.15, 0.2) is 0 Å². The molecule has 2 N–H and O–H groups in total. The average Bonchev–Trinajstić information content (AvgIpc) is 2.18. The second-order valence-corrected chi connectivity index (χ2v) is 3.30. The molecule has 1 fully saturated rings. The highest BCUT2D eigenvalue weighted by molar-refractivity contribution is 5.86. The number of carboxylic acid groups (broad SMARTS) is 1. The van der Waals surface area contributed by atoms with E-state index in [9.17, 15) is 9.59 Å². The SMILES string of the molecule is CC#CCN1CCNC(=O)C1CC(=O)O. The van der Waals surface area contributed by atoms with Gasteiger partial charge < -0.3 is 10.4 Å². The van der Waals surface area contributed by atoms with Crippen molar-refractivity contribution < 1.29 is 14.7 Å². The summed E-state index contributed by atoms with van der Waals surface area (Å²) in [4.78, 5) is 23.8. The number of piperazine rings is 1. The highest BCUT2D eigenvalue weighted by atomic mass is 16.4. The van der Waals surface area contributed by atoms with Crippen LogP contribution in [0.25, 0.3) is 0 Å². The predicted octanol–water partition coefficient (Wildman–Crippen LogP) is -0.715. The predicted molar refractivity (Wildman–Crippen MR) is 54.1 cm³/mol. The molecule has 0 aromatic rings. The van der Waals surface area contributed by atoms with Gasteiger partial charge in [0.1, 0.15) is 6.04 Å². The van der Waals surface area contributed by atoms with Crippen LogP contribution in [0.1, 0.15) is 13.3 Å². The van der Waals surface area contributed by atoms with E-state index in [0.717, 1.165) is 0 Å². The third-order valence-corrected chi connectivity index (χ3v) is 2.27. The van der Waals surface area contributed by atoms with Crippen molar-refractivity contribution in [3.05, 3.63) is 0 Å². The molecule has 82 valence electrons.